The molecule has 0 unspecified atom stereocenters. The predicted octanol–water partition coefficient (Wildman–Crippen LogP) is 2.02. The fourth-order valence-corrected chi connectivity index (χ4v) is 1.02. The molecule has 1 aromatic rings. The molecule has 0 bridgehead atoms. The summed E-state index contributed by atoms with van der Waals surface area (Å²) < 4.78 is 0. The van der Waals surface area contributed by atoms with Gasteiger partial charge >= 0.3 is 0 Å². The highest BCUT2D eigenvalue weighted by Gasteiger charge is 2.08. The lowest BCUT2D eigenvalue weighted by atomic mass is 10.3. The topological polar surface area (TPSA) is 65.0 Å². The van der Waals surface area contributed by atoms with E-state index < -0.39 is 5.24 Å². The van der Waals surface area contributed by atoms with Gasteiger partial charge in [0.2, 0.25) is 0 Å². The van der Waals surface area contributed by atoms with Crippen molar-refractivity contribution in [2.45, 2.75) is 0 Å². The first-order valence-corrected chi connectivity index (χ1v) is 3.64. The number of rotatable bonds is 2. The van der Waals surface area contributed by atoms with Gasteiger partial charge in [0.1, 0.15) is 5.15 Å². The van der Waals surface area contributed by atoms with Crippen molar-refractivity contribution in [3.05, 3.63) is 28.2 Å². The molecular weight excluding hydrogens is 203 g/mol. The Kier molecular flexibility index (Phi) is 2.86. The number of anilines is 1. The van der Waals surface area contributed by atoms with Crippen LogP contribution in [0.4, 0.5) is 5.69 Å². The third kappa shape index (κ3) is 1.85. The van der Waals surface area contributed by atoms with Crippen LogP contribution in [0, 0.1) is 5.21 Å². The molecule has 0 aliphatic carbocycles. The molecule has 0 amide bonds. The zero-order chi connectivity index (χ0) is 9.14. The van der Waals surface area contributed by atoms with Gasteiger partial charge in [0.15, 0.2) is 0 Å². The van der Waals surface area contributed by atoms with Crippen LogP contribution < -0.4 is 5.48 Å². The van der Waals surface area contributed by atoms with Crippen molar-refractivity contribution in [3.8, 4) is 0 Å². The van der Waals surface area contributed by atoms with Gasteiger partial charge in [0, 0.05) is 5.69 Å². The van der Waals surface area contributed by atoms with Crippen LogP contribution in [0.2, 0.25) is 5.15 Å². The van der Waals surface area contributed by atoms with E-state index in [2.05, 4.69) is 4.98 Å². The number of pyridine rings is 1. The van der Waals surface area contributed by atoms with Crippen molar-refractivity contribution in [1.29, 1.82) is 0 Å². The van der Waals surface area contributed by atoms with Crippen molar-refractivity contribution < 1.29 is 4.79 Å². The van der Waals surface area contributed by atoms with Gasteiger partial charge in [0.25, 0.3) is 5.24 Å². The standard InChI is InChI=1S/C6H3Cl2N2O2/c7-5-4(6(8)11)1-3(10-12)2-9-5/h1-2,10H/q-1. The van der Waals surface area contributed by atoms with E-state index in [4.69, 9.17) is 23.2 Å². The molecule has 0 aliphatic heterocycles. The summed E-state index contributed by atoms with van der Waals surface area (Å²) >= 11 is 10.6. The lowest BCUT2D eigenvalue weighted by molar-refractivity contribution is 0.108. The van der Waals surface area contributed by atoms with Crippen LogP contribution in [0.5, 0.6) is 0 Å². The van der Waals surface area contributed by atoms with Gasteiger partial charge in [0.05, 0.1) is 11.8 Å². The largest absolute Gasteiger partial charge is 0.761 e. The Labute approximate surface area is 78.1 Å². The molecule has 1 N–H and O–H groups in total. The molecule has 0 atom stereocenters. The summed E-state index contributed by atoms with van der Waals surface area (Å²) in [5.74, 6) is 0. The molecule has 1 rings (SSSR count). The highest BCUT2D eigenvalue weighted by molar-refractivity contribution is 6.68. The average molecular weight is 206 g/mol. The Balaban J connectivity index is 3.17. The van der Waals surface area contributed by atoms with E-state index in [9.17, 15) is 10.0 Å². The highest BCUT2D eigenvalue weighted by atomic mass is 35.5. The number of carbonyl (C=O) groups is 1. The van der Waals surface area contributed by atoms with E-state index in [-0.39, 0.29) is 16.4 Å². The van der Waals surface area contributed by atoms with Crippen LogP contribution in [0.25, 0.3) is 0 Å². The minimum absolute atomic E-state index is 0.0131. The maximum absolute atomic E-state index is 10.6. The predicted molar refractivity (Wildman–Crippen MR) is 46.4 cm³/mol. The second-order valence-electron chi connectivity index (χ2n) is 1.94. The summed E-state index contributed by atoms with van der Waals surface area (Å²) in [5, 5.41) is 9.36. The van der Waals surface area contributed by atoms with Crippen LogP contribution >= 0.6 is 23.2 Å². The molecule has 4 nitrogen and oxygen atoms in total. The summed E-state index contributed by atoms with van der Waals surface area (Å²) in [6.45, 7) is 0. The molecule has 1 heterocycles. The number of carbonyl (C=O) groups excluding carboxylic acids is 1. The van der Waals surface area contributed by atoms with Crippen LogP contribution in [0.15, 0.2) is 12.3 Å². The van der Waals surface area contributed by atoms with Crippen molar-refractivity contribution in [2.75, 3.05) is 5.48 Å². The smallest absolute Gasteiger partial charge is 0.255 e. The molecule has 0 saturated heterocycles. The molecular formula is C6H3Cl2N2O2-. The van der Waals surface area contributed by atoms with Crippen LogP contribution in [-0.2, 0) is 0 Å². The van der Waals surface area contributed by atoms with E-state index >= 15 is 0 Å². The molecule has 0 fully saturated rings. The van der Waals surface area contributed by atoms with Gasteiger partial charge in [-0.15, -0.1) is 0 Å². The van der Waals surface area contributed by atoms with Gasteiger partial charge in [-0.25, -0.2) is 4.98 Å². The SMILES string of the molecule is O=C(Cl)c1cc(N[O-])cnc1Cl. The summed E-state index contributed by atoms with van der Waals surface area (Å²) in [6, 6.07) is 1.23. The number of halogens is 2. The second-order valence-corrected chi connectivity index (χ2v) is 2.64. The first kappa shape index (κ1) is 9.25. The van der Waals surface area contributed by atoms with E-state index in [0.717, 1.165) is 0 Å². The molecule has 6 heteroatoms. The number of hydrogen-bond acceptors (Lipinski definition) is 4. The third-order valence-corrected chi connectivity index (χ3v) is 1.67. The van der Waals surface area contributed by atoms with Crippen molar-refractivity contribution in [1.82, 2.24) is 4.98 Å². The summed E-state index contributed by atoms with van der Waals surface area (Å²) in [5.41, 5.74) is 1.72. The first-order chi connectivity index (χ1) is 5.65. The third-order valence-electron chi connectivity index (χ3n) is 1.17. The Morgan fingerprint density at radius 2 is 2.33 bits per heavy atom. The summed E-state index contributed by atoms with van der Waals surface area (Å²) in [7, 11) is 0. The molecule has 0 radical (unpaired) electrons. The Morgan fingerprint density at radius 3 is 2.83 bits per heavy atom. The number of nitrogens with zero attached hydrogens (tertiary/aromatic N) is 1. The van der Waals surface area contributed by atoms with E-state index in [1.54, 1.807) is 5.48 Å². The molecule has 1 aromatic heterocycles. The van der Waals surface area contributed by atoms with Crippen LogP contribution in [0.3, 0.4) is 0 Å². The zero-order valence-electron chi connectivity index (χ0n) is 5.67. The second kappa shape index (κ2) is 3.71. The highest BCUT2D eigenvalue weighted by Crippen LogP contribution is 2.18. The van der Waals surface area contributed by atoms with Gasteiger partial charge in [-0.05, 0) is 17.7 Å². The van der Waals surface area contributed by atoms with E-state index in [1.165, 1.54) is 12.3 Å². The van der Waals surface area contributed by atoms with Gasteiger partial charge in [-0.2, -0.15) is 0 Å². The Morgan fingerprint density at radius 1 is 1.67 bits per heavy atom. The van der Waals surface area contributed by atoms with Gasteiger partial charge in [-0.3, -0.25) is 4.79 Å². The Hall–Kier alpha value is -0.840. The zero-order valence-corrected chi connectivity index (χ0v) is 7.19. The fraction of sp³-hybridized carbons (Fsp3) is 0. The maximum Gasteiger partial charge on any atom is 0.255 e. The Bertz CT molecular complexity index is 316. The van der Waals surface area contributed by atoms with Crippen LogP contribution in [-0.4, -0.2) is 10.2 Å². The lowest BCUT2D eigenvalue weighted by Crippen LogP contribution is -1.95. The monoisotopic (exact) mass is 205 g/mol. The van der Waals surface area contributed by atoms with E-state index in [0.29, 0.717) is 0 Å². The molecule has 0 aliphatic rings. The van der Waals surface area contributed by atoms with Gasteiger partial charge < -0.3 is 10.7 Å². The number of hydrogen-bond donors (Lipinski definition) is 1. The lowest BCUT2D eigenvalue weighted by Gasteiger charge is -2.09. The fourth-order valence-electron chi connectivity index (χ4n) is 0.642. The van der Waals surface area contributed by atoms with Crippen molar-refractivity contribution in [2.24, 2.45) is 0 Å². The van der Waals surface area contributed by atoms with Crippen molar-refractivity contribution in [3.63, 3.8) is 0 Å². The quantitative estimate of drug-likeness (QED) is 0.456. The normalized spacial score (nSPS) is 9.58. The number of aromatic nitrogens is 1. The maximum atomic E-state index is 10.6. The van der Waals surface area contributed by atoms with Gasteiger partial charge in [-0.1, -0.05) is 11.6 Å². The molecule has 0 spiro atoms. The average Bonchev–Trinajstić information content (AvgIpc) is 2.05. The summed E-state index contributed by atoms with van der Waals surface area (Å²) in [6.07, 6.45) is 1.21. The van der Waals surface area contributed by atoms with Crippen LogP contribution in [0.1, 0.15) is 10.4 Å². The molecule has 12 heavy (non-hydrogen) atoms. The molecule has 0 saturated carbocycles. The number of nitrogens with one attached hydrogen (secondary N) is 1. The molecule has 64 valence electrons. The minimum atomic E-state index is -0.746. The summed E-state index contributed by atoms with van der Waals surface area (Å²) in [4.78, 5) is 14.2. The van der Waals surface area contributed by atoms with Crippen molar-refractivity contribution >= 4 is 34.1 Å². The van der Waals surface area contributed by atoms with E-state index in [1.807, 2.05) is 0 Å². The first-order valence-electron chi connectivity index (χ1n) is 2.88. The minimum Gasteiger partial charge on any atom is -0.761 e. The molecule has 0 aromatic carbocycles.